The molecule has 0 aromatic heterocycles. The Hall–Kier alpha value is -2.33. The van der Waals surface area contributed by atoms with Crippen LogP contribution in [-0.2, 0) is 16.1 Å². The third-order valence-electron chi connectivity index (χ3n) is 4.98. The Kier molecular flexibility index (Phi) is 4.70. The molecule has 4 nitrogen and oxygen atoms in total. The monoisotopic (exact) mass is 337 g/mol. The zero-order valence-corrected chi connectivity index (χ0v) is 14.2. The fourth-order valence-corrected chi connectivity index (χ4v) is 3.32. The van der Waals surface area contributed by atoms with Crippen molar-refractivity contribution in [2.45, 2.75) is 31.4 Å². The quantitative estimate of drug-likeness (QED) is 0.880. The van der Waals surface area contributed by atoms with Crippen molar-refractivity contribution in [2.24, 2.45) is 5.92 Å². The van der Waals surface area contributed by atoms with Crippen LogP contribution in [0.2, 0.25) is 0 Å². The van der Waals surface area contributed by atoms with Crippen LogP contribution < -0.4 is 10.1 Å². The van der Waals surface area contributed by atoms with Crippen LogP contribution in [-0.4, -0.2) is 25.2 Å². The van der Waals surface area contributed by atoms with E-state index in [4.69, 9.17) is 9.47 Å². The minimum atomic E-state index is 0.0370. The Bertz CT molecular complexity index is 708. The van der Waals surface area contributed by atoms with Gasteiger partial charge >= 0.3 is 0 Å². The van der Waals surface area contributed by atoms with Crippen molar-refractivity contribution in [3.63, 3.8) is 0 Å². The summed E-state index contributed by atoms with van der Waals surface area (Å²) in [6, 6.07) is 18.7. The first-order chi connectivity index (χ1) is 12.3. The fraction of sp³-hybridized carbons (Fsp3) is 0.381. The second kappa shape index (κ2) is 7.28. The van der Waals surface area contributed by atoms with Gasteiger partial charge in [-0.25, -0.2) is 0 Å². The van der Waals surface area contributed by atoms with Gasteiger partial charge in [-0.3, -0.25) is 4.79 Å². The van der Waals surface area contributed by atoms with Crippen LogP contribution in [0.15, 0.2) is 54.6 Å². The SMILES string of the molecule is O=C(NC1CC1c1ccc(OCc2ccccc2)cc1)C1CCOC1. The second-order valence-corrected chi connectivity index (χ2v) is 6.86. The molecule has 2 aromatic rings. The molecule has 3 atom stereocenters. The minimum Gasteiger partial charge on any atom is -0.489 e. The molecule has 1 saturated heterocycles. The van der Waals surface area contributed by atoms with E-state index in [1.807, 2.05) is 30.3 Å². The molecule has 25 heavy (non-hydrogen) atoms. The van der Waals surface area contributed by atoms with Crippen molar-refractivity contribution >= 4 is 5.91 Å². The third kappa shape index (κ3) is 4.02. The van der Waals surface area contributed by atoms with Crippen LogP contribution >= 0.6 is 0 Å². The number of hydrogen-bond acceptors (Lipinski definition) is 3. The molecule has 4 rings (SSSR count). The van der Waals surface area contributed by atoms with Crippen LogP contribution in [0, 0.1) is 5.92 Å². The molecular weight excluding hydrogens is 314 g/mol. The molecule has 2 fully saturated rings. The van der Waals surface area contributed by atoms with Crippen molar-refractivity contribution in [3.8, 4) is 5.75 Å². The van der Waals surface area contributed by atoms with E-state index in [1.54, 1.807) is 0 Å². The lowest BCUT2D eigenvalue weighted by molar-refractivity contribution is -0.125. The molecule has 2 aromatic carbocycles. The number of hydrogen-bond donors (Lipinski definition) is 1. The molecule has 1 amide bonds. The largest absolute Gasteiger partial charge is 0.489 e. The summed E-state index contributed by atoms with van der Waals surface area (Å²) in [6.07, 6.45) is 1.86. The maximum absolute atomic E-state index is 12.1. The summed E-state index contributed by atoms with van der Waals surface area (Å²) in [5.41, 5.74) is 2.42. The number of benzene rings is 2. The average molecular weight is 337 g/mol. The van der Waals surface area contributed by atoms with Crippen LogP contribution in [0.1, 0.15) is 29.9 Å². The molecule has 130 valence electrons. The van der Waals surface area contributed by atoms with Crippen molar-refractivity contribution < 1.29 is 14.3 Å². The molecule has 2 aliphatic rings. The first kappa shape index (κ1) is 16.2. The first-order valence-electron chi connectivity index (χ1n) is 8.94. The maximum atomic E-state index is 12.1. The zero-order chi connectivity index (χ0) is 17.1. The van der Waals surface area contributed by atoms with Gasteiger partial charge in [0.1, 0.15) is 12.4 Å². The lowest BCUT2D eigenvalue weighted by Gasteiger charge is -2.10. The molecule has 1 aliphatic heterocycles. The van der Waals surface area contributed by atoms with Crippen LogP contribution in [0.4, 0.5) is 0 Å². The Labute approximate surface area is 148 Å². The normalized spacial score (nSPS) is 24.7. The average Bonchev–Trinajstić information content (AvgIpc) is 3.19. The summed E-state index contributed by atoms with van der Waals surface area (Å²) in [5.74, 6) is 1.48. The molecule has 4 heteroatoms. The number of carbonyl (C=O) groups is 1. The van der Waals surface area contributed by atoms with E-state index in [-0.39, 0.29) is 17.9 Å². The minimum absolute atomic E-state index is 0.0370. The van der Waals surface area contributed by atoms with Crippen LogP contribution in [0.3, 0.4) is 0 Å². The van der Waals surface area contributed by atoms with Gasteiger partial charge in [-0.05, 0) is 36.1 Å². The zero-order valence-electron chi connectivity index (χ0n) is 14.2. The number of rotatable bonds is 6. The summed E-state index contributed by atoms with van der Waals surface area (Å²) in [7, 11) is 0. The highest BCUT2D eigenvalue weighted by Gasteiger charge is 2.40. The van der Waals surface area contributed by atoms with Crippen LogP contribution in [0.5, 0.6) is 5.75 Å². The highest BCUT2D eigenvalue weighted by molar-refractivity contribution is 5.79. The van der Waals surface area contributed by atoms with E-state index in [9.17, 15) is 4.79 Å². The number of amides is 1. The smallest absolute Gasteiger partial charge is 0.225 e. The Morgan fingerprint density at radius 1 is 1.12 bits per heavy atom. The topological polar surface area (TPSA) is 47.6 Å². The summed E-state index contributed by atoms with van der Waals surface area (Å²) in [5, 5.41) is 3.16. The molecule has 1 saturated carbocycles. The van der Waals surface area contributed by atoms with Gasteiger partial charge in [0.25, 0.3) is 0 Å². The van der Waals surface area contributed by atoms with E-state index >= 15 is 0 Å². The molecular formula is C21H23NO3. The molecule has 3 unspecified atom stereocenters. The van der Waals surface area contributed by atoms with E-state index in [0.29, 0.717) is 25.7 Å². The molecule has 0 bridgehead atoms. The highest BCUT2D eigenvalue weighted by atomic mass is 16.5. The Balaban J connectivity index is 1.27. The van der Waals surface area contributed by atoms with Crippen molar-refractivity contribution in [1.82, 2.24) is 5.32 Å². The predicted molar refractivity (Wildman–Crippen MR) is 95.4 cm³/mol. The third-order valence-corrected chi connectivity index (χ3v) is 4.98. The summed E-state index contributed by atoms with van der Waals surface area (Å²) >= 11 is 0. The highest BCUT2D eigenvalue weighted by Crippen LogP contribution is 2.41. The van der Waals surface area contributed by atoms with Gasteiger partial charge in [0.15, 0.2) is 0 Å². The standard InChI is InChI=1S/C21H23NO3/c23-21(17-10-11-24-14-17)22-20-12-19(20)16-6-8-18(9-7-16)25-13-15-4-2-1-3-5-15/h1-9,17,19-20H,10-14H2,(H,22,23). The van der Waals surface area contributed by atoms with Gasteiger partial charge < -0.3 is 14.8 Å². The lowest BCUT2D eigenvalue weighted by Crippen LogP contribution is -2.33. The number of ether oxygens (including phenoxy) is 2. The van der Waals surface area contributed by atoms with Crippen LogP contribution in [0.25, 0.3) is 0 Å². The molecule has 1 N–H and O–H groups in total. The predicted octanol–water partition coefficient (Wildman–Crippen LogP) is 3.27. The Morgan fingerprint density at radius 3 is 2.64 bits per heavy atom. The number of nitrogens with one attached hydrogen (secondary N) is 1. The van der Waals surface area contributed by atoms with E-state index in [1.165, 1.54) is 5.56 Å². The number of carbonyl (C=O) groups excluding carboxylic acids is 1. The van der Waals surface area contributed by atoms with Crippen molar-refractivity contribution in [2.75, 3.05) is 13.2 Å². The summed E-state index contributed by atoms with van der Waals surface area (Å²) < 4.78 is 11.1. The fourth-order valence-electron chi connectivity index (χ4n) is 3.32. The molecule has 1 heterocycles. The van der Waals surface area contributed by atoms with E-state index in [2.05, 4.69) is 29.6 Å². The van der Waals surface area contributed by atoms with E-state index in [0.717, 1.165) is 24.2 Å². The Morgan fingerprint density at radius 2 is 1.92 bits per heavy atom. The van der Waals surface area contributed by atoms with Gasteiger partial charge in [-0.15, -0.1) is 0 Å². The summed E-state index contributed by atoms with van der Waals surface area (Å²) in [4.78, 5) is 12.1. The second-order valence-electron chi connectivity index (χ2n) is 6.86. The van der Waals surface area contributed by atoms with Crippen molar-refractivity contribution in [1.29, 1.82) is 0 Å². The maximum Gasteiger partial charge on any atom is 0.225 e. The molecule has 0 spiro atoms. The molecule has 1 aliphatic carbocycles. The van der Waals surface area contributed by atoms with Gasteiger partial charge in [-0.2, -0.15) is 0 Å². The van der Waals surface area contributed by atoms with Gasteiger partial charge in [-0.1, -0.05) is 42.5 Å². The van der Waals surface area contributed by atoms with E-state index < -0.39 is 0 Å². The van der Waals surface area contributed by atoms with Gasteiger partial charge in [0, 0.05) is 18.6 Å². The summed E-state index contributed by atoms with van der Waals surface area (Å²) in [6.45, 7) is 1.85. The van der Waals surface area contributed by atoms with Gasteiger partial charge in [0.2, 0.25) is 5.91 Å². The molecule has 0 radical (unpaired) electrons. The van der Waals surface area contributed by atoms with Gasteiger partial charge in [0.05, 0.1) is 12.5 Å². The van der Waals surface area contributed by atoms with Crippen molar-refractivity contribution in [3.05, 3.63) is 65.7 Å². The first-order valence-corrected chi connectivity index (χ1v) is 8.94. The lowest BCUT2D eigenvalue weighted by atomic mass is 10.1.